The zero-order chi connectivity index (χ0) is 17.8. The Kier molecular flexibility index (Phi) is 5.06. The topological polar surface area (TPSA) is 84.0 Å². The van der Waals surface area contributed by atoms with Crippen molar-refractivity contribution >= 4 is 45.6 Å². The van der Waals surface area contributed by atoms with Gasteiger partial charge < -0.3 is 5.32 Å². The van der Waals surface area contributed by atoms with Crippen LogP contribution in [0.25, 0.3) is 0 Å². The normalized spacial score (nSPS) is 10.3. The molecule has 8 heteroatoms. The van der Waals surface area contributed by atoms with Gasteiger partial charge in [-0.25, -0.2) is 4.98 Å². The number of rotatable bonds is 4. The number of nitrogens with one attached hydrogen (secondary N) is 2. The van der Waals surface area contributed by atoms with Crippen molar-refractivity contribution in [3.05, 3.63) is 69.9 Å². The molecule has 126 valence electrons. The van der Waals surface area contributed by atoms with E-state index in [1.165, 1.54) is 0 Å². The molecule has 2 N–H and O–H groups in total. The molecule has 0 saturated carbocycles. The van der Waals surface area contributed by atoms with Crippen LogP contribution in [0, 0.1) is 6.92 Å². The number of hydrogen-bond donors (Lipinski definition) is 2. The molecule has 0 fully saturated rings. The fraction of sp³-hybridized carbons (Fsp3) is 0.0588. The summed E-state index contributed by atoms with van der Waals surface area (Å²) in [5.41, 5.74) is 1.46. The third kappa shape index (κ3) is 4.01. The summed E-state index contributed by atoms with van der Waals surface area (Å²) in [5.74, 6) is -0.681. The van der Waals surface area contributed by atoms with Gasteiger partial charge in [-0.3, -0.25) is 19.9 Å². The highest BCUT2D eigenvalue weighted by Gasteiger charge is 2.18. The molecule has 0 radical (unpaired) electrons. The molecule has 0 atom stereocenters. The number of benzene rings is 1. The first-order chi connectivity index (χ1) is 12.0. The summed E-state index contributed by atoms with van der Waals surface area (Å²) in [7, 11) is 0. The third-order valence-corrected chi connectivity index (χ3v) is 4.66. The fourth-order valence-electron chi connectivity index (χ4n) is 2.09. The van der Waals surface area contributed by atoms with E-state index in [0.29, 0.717) is 32.0 Å². The third-order valence-electron chi connectivity index (χ3n) is 3.26. The van der Waals surface area contributed by atoms with Crippen LogP contribution in [-0.4, -0.2) is 21.8 Å². The molecule has 0 spiro atoms. The van der Waals surface area contributed by atoms with Crippen LogP contribution in [0.4, 0.5) is 10.8 Å². The molecule has 6 nitrogen and oxygen atoms in total. The average Bonchev–Trinajstić information content (AvgIpc) is 2.96. The number of aryl methyl sites for hydroxylation is 1. The summed E-state index contributed by atoms with van der Waals surface area (Å²) >= 11 is 7.11. The molecule has 25 heavy (non-hydrogen) atoms. The van der Waals surface area contributed by atoms with E-state index in [1.54, 1.807) is 55.7 Å². The van der Waals surface area contributed by atoms with Gasteiger partial charge in [0.1, 0.15) is 4.88 Å². The first-order valence-electron chi connectivity index (χ1n) is 7.29. The van der Waals surface area contributed by atoms with Gasteiger partial charge in [0.25, 0.3) is 11.8 Å². The lowest BCUT2D eigenvalue weighted by Crippen LogP contribution is -2.12. The molecule has 2 aromatic heterocycles. The van der Waals surface area contributed by atoms with Gasteiger partial charge in [-0.2, -0.15) is 0 Å². The van der Waals surface area contributed by atoms with E-state index in [-0.39, 0.29) is 11.8 Å². The highest BCUT2D eigenvalue weighted by atomic mass is 35.5. The summed E-state index contributed by atoms with van der Waals surface area (Å²) < 4.78 is 0. The Hall–Kier alpha value is -2.77. The first-order valence-corrected chi connectivity index (χ1v) is 8.48. The highest BCUT2D eigenvalue weighted by Crippen LogP contribution is 2.25. The number of aromatic nitrogens is 2. The number of thiazole rings is 1. The maximum absolute atomic E-state index is 12.4. The Labute approximate surface area is 152 Å². The van der Waals surface area contributed by atoms with E-state index in [2.05, 4.69) is 20.6 Å². The number of carbonyl (C=O) groups is 2. The minimum atomic E-state index is -0.376. The van der Waals surface area contributed by atoms with Crippen molar-refractivity contribution in [3.63, 3.8) is 0 Å². The molecule has 0 aliphatic heterocycles. The molecule has 0 aliphatic rings. The monoisotopic (exact) mass is 372 g/mol. The molecule has 0 aliphatic carbocycles. The van der Waals surface area contributed by atoms with Gasteiger partial charge in [0.05, 0.1) is 28.2 Å². The smallest absolute Gasteiger partial charge is 0.267 e. The van der Waals surface area contributed by atoms with Crippen molar-refractivity contribution in [3.8, 4) is 0 Å². The molecule has 2 amide bonds. The van der Waals surface area contributed by atoms with Gasteiger partial charge in [-0.15, -0.1) is 0 Å². The largest absolute Gasteiger partial charge is 0.320 e. The standard InChI is InChI=1S/C17H13ClN4O2S/c1-10-14(16(24)21-11-5-4-8-19-9-11)25-17(20-10)22-15(23)12-6-2-3-7-13(12)18/h2-9H,1H3,(H,21,24)(H,20,22,23). The van der Waals surface area contributed by atoms with Crippen molar-refractivity contribution < 1.29 is 9.59 Å². The SMILES string of the molecule is Cc1nc(NC(=O)c2ccccc2Cl)sc1C(=O)Nc1cccnc1. The molecule has 1 aromatic carbocycles. The van der Waals surface area contributed by atoms with E-state index in [1.807, 2.05) is 0 Å². The van der Waals surface area contributed by atoms with Crippen molar-refractivity contribution in [2.24, 2.45) is 0 Å². The Bertz CT molecular complexity index is 927. The lowest BCUT2D eigenvalue weighted by Gasteiger charge is -2.03. The molecular formula is C17H13ClN4O2S. The van der Waals surface area contributed by atoms with Crippen LogP contribution in [0.1, 0.15) is 25.7 Å². The van der Waals surface area contributed by atoms with Crippen LogP contribution >= 0.6 is 22.9 Å². The van der Waals surface area contributed by atoms with E-state index in [9.17, 15) is 9.59 Å². The summed E-state index contributed by atoms with van der Waals surface area (Å²) in [5, 5.41) is 6.09. The number of nitrogens with zero attached hydrogens (tertiary/aromatic N) is 2. The first kappa shape index (κ1) is 17.1. The molecule has 0 saturated heterocycles. The minimum absolute atomic E-state index is 0.304. The zero-order valence-electron chi connectivity index (χ0n) is 13.1. The van der Waals surface area contributed by atoms with Gasteiger partial charge in [0, 0.05) is 6.20 Å². The summed E-state index contributed by atoms with van der Waals surface area (Å²) in [6, 6.07) is 10.2. The van der Waals surface area contributed by atoms with Crippen LogP contribution in [-0.2, 0) is 0 Å². The maximum atomic E-state index is 12.4. The lowest BCUT2D eigenvalue weighted by atomic mass is 10.2. The predicted molar refractivity (Wildman–Crippen MR) is 98.4 cm³/mol. The minimum Gasteiger partial charge on any atom is -0.320 e. The van der Waals surface area contributed by atoms with Crippen molar-refractivity contribution in [2.75, 3.05) is 10.6 Å². The fourth-order valence-corrected chi connectivity index (χ4v) is 3.17. The summed E-state index contributed by atoms with van der Waals surface area (Å²) in [6.07, 6.45) is 3.17. The number of halogens is 1. The molecule has 0 bridgehead atoms. The van der Waals surface area contributed by atoms with E-state index < -0.39 is 0 Å². The number of amides is 2. The molecular weight excluding hydrogens is 360 g/mol. The Balaban J connectivity index is 1.75. The van der Waals surface area contributed by atoms with Gasteiger partial charge in [0.15, 0.2) is 5.13 Å². The van der Waals surface area contributed by atoms with Crippen LogP contribution < -0.4 is 10.6 Å². The number of pyridine rings is 1. The number of hydrogen-bond acceptors (Lipinski definition) is 5. The molecule has 3 rings (SSSR count). The van der Waals surface area contributed by atoms with Crippen LogP contribution in [0.5, 0.6) is 0 Å². The highest BCUT2D eigenvalue weighted by molar-refractivity contribution is 7.17. The Morgan fingerprint density at radius 3 is 2.60 bits per heavy atom. The molecule has 3 aromatic rings. The van der Waals surface area contributed by atoms with Crippen LogP contribution in [0.15, 0.2) is 48.8 Å². The predicted octanol–water partition coefficient (Wildman–Crippen LogP) is 4.00. The van der Waals surface area contributed by atoms with Gasteiger partial charge in [-0.1, -0.05) is 35.1 Å². The van der Waals surface area contributed by atoms with E-state index >= 15 is 0 Å². The Morgan fingerprint density at radius 2 is 1.88 bits per heavy atom. The van der Waals surface area contributed by atoms with Crippen molar-refractivity contribution in [2.45, 2.75) is 6.92 Å². The number of anilines is 2. The molecule has 0 unspecified atom stereocenters. The van der Waals surface area contributed by atoms with Crippen LogP contribution in [0.3, 0.4) is 0 Å². The van der Waals surface area contributed by atoms with Gasteiger partial charge in [0.2, 0.25) is 0 Å². The summed E-state index contributed by atoms with van der Waals surface area (Å²) in [4.78, 5) is 33.2. The van der Waals surface area contributed by atoms with Crippen LogP contribution in [0.2, 0.25) is 5.02 Å². The van der Waals surface area contributed by atoms with Crippen molar-refractivity contribution in [1.29, 1.82) is 0 Å². The Morgan fingerprint density at radius 1 is 1.08 bits per heavy atom. The maximum Gasteiger partial charge on any atom is 0.267 e. The van der Waals surface area contributed by atoms with Gasteiger partial charge in [-0.05, 0) is 31.2 Å². The second-order valence-corrected chi connectivity index (χ2v) is 6.47. The molecule has 2 heterocycles. The second-order valence-electron chi connectivity index (χ2n) is 5.06. The zero-order valence-corrected chi connectivity index (χ0v) is 14.7. The van der Waals surface area contributed by atoms with E-state index in [0.717, 1.165) is 11.3 Å². The quantitative estimate of drug-likeness (QED) is 0.724. The average molecular weight is 373 g/mol. The number of carbonyl (C=O) groups excluding carboxylic acids is 2. The van der Waals surface area contributed by atoms with Gasteiger partial charge >= 0.3 is 0 Å². The lowest BCUT2D eigenvalue weighted by molar-refractivity contribution is 0.102. The summed E-state index contributed by atoms with van der Waals surface area (Å²) in [6.45, 7) is 1.71. The second kappa shape index (κ2) is 7.42. The van der Waals surface area contributed by atoms with E-state index in [4.69, 9.17) is 11.6 Å². The van der Waals surface area contributed by atoms with Crippen molar-refractivity contribution in [1.82, 2.24) is 9.97 Å².